The Bertz CT molecular complexity index is 1600. The van der Waals surface area contributed by atoms with Crippen LogP contribution in [0.3, 0.4) is 0 Å². The van der Waals surface area contributed by atoms with Gasteiger partial charge in [-0.3, -0.25) is 4.79 Å². The number of thiazole rings is 1. The van der Waals surface area contributed by atoms with E-state index in [1.165, 1.54) is 10.4 Å². The number of hydrogen-bond donors (Lipinski definition) is 2. The van der Waals surface area contributed by atoms with Crippen LogP contribution in [-0.4, -0.2) is 16.4 Å². The third-order valence-corrected chi connectivity index (χ3v) is 9.20. The standard InChI is InChI=1S/C31H29N3O2S2/c1-30(2)18-22-25(28-32-23-12-8-9-13-24(23)37-28)29(38-26(22)31(3,4)34-30)33-27(35)19-14-16-21(17-15-19)36-20-10-6-5-7-11-20/h5-17,34H,18H2,1-4H3,(H,33,35). The van der Waals surface area contributed by atoms with Crippen molar-refractivity contribution in [3.8, 4) is 22.1 Å². The molecule has 7 heteroatoms. The number of aromatic nitrogens is 1. The number of amides is 1. The van der Waals surface area contributed by atoms with Gasteiger partial charge in [-0.2, -0.15) is 0 Å². The molecule has 0 bridgehead atoms. The predicted octanol–water partition coefficient (Wildman–Crippen LogP) is 8.23. The molecular formula is C31H29N3O2S2. The number of carbonyl (C=O) groups excluding carboxylic acids is 1. The number of benzene rings is 3. The van der Waals surface area contributed by atoms with E-state index in [2.05, 4.69) is 44.4 Å². The third-order valence-electron chi connectivity index (χ3n) is 6.67. The summed E-state index contributed by atoms with van der Waals surface area (Å²) in [6, 6.07) is 25.1. The third kappa shape index (κ3) is 4.73. The van der Waals surface area contributed by atoms with Crippen molar-refractivity contribution in [3.63, 3.8) is 0 Å². The topological polar surface area (TPSA) is 63.2 Å². The van der Waals surface area contributed by atoms with Gasteiger partial charge in [-0.15, -0.1) is 22.7 Å². The van der Waals surface area contributed by atoms with Crippen molar-refractivity contribution in [2.75, 3.05) is 5.32 Å². The lowest BCUT2D eigenvalue weighted by atomic mass is 9.81. The molecule has 5 nitrogen and oxygen atoms in total. The fourth-order valence-electron chi connectivity index (χ4n) is 5.30. The fourth-order valence-corrected chi connectivity index (χ4v) is 7.68. The molecule has 2 N–H and O–H groups in total. The van der Waals surface area contributed by atoms with E-state index in [1.54, 1.807) is 34.8 Å². The summed E-state index contributed by atoms with van der Waals surface area (Å²) in [6.07, 6.45) is 0.856. The first-order valence-electron chi connectivity index (χ1n) is 12.6. The van der Waals surface area contributed by atoms with E-state index in [1.807, 2.05) is 60.7 Å². The molecule has 0 radical (unpaired) electrons. The molecule has 1 amide bonds. The molecule has 1 aliphatic heterocycles. The lowest BCUT2D eigenvalue weighted by molar-refractivity contribution is 0.102. The molecule has 3 aromatic carbocycles. The van der Waals surface area contributed by atoms with E-state index in [0.717, 1.165) is 38.0 Å². The van der Waals surface area contributed by atoms with Gasteiger partial charge in [-0.25, -0.2) is 4.98 Å². The van der Waals surface area contributed by atoms with Crippen LogP contribution in [0.25, 0.3) is 20.8 Å². The predicted molar refractivity (Wildman–Crippen MR) is 158 cm³/mol. The summed E-state index contributed by atoms with van der Waals surface area (Å²) in [4.78, 5) is 19.7. The lowest BCUT2D eigenvalue weighted by Gasteiger charge is -2.42. The number of anilines is 1. The van der Waals surface area contributed by atoms with Crippen LogP contribution in [0.1, 0.15) is 48.5 Å². The molecule has 0 atom stereocenters. The summed E-state index contributed by atoms with van der Waals surface area (Å²) < 4.78 is 7.03. The largest absolute Gasteiger partial charge is 0.457 e. The minimum Gasteiger partial charge on any atom is -0.457 e. The summed E-state index contributed by atoms with van der Waals surface area (Å²) in [7, 11) is 0. The zero-order valence-corrected chi connectivity index (χ0v) is 23.4. The Hall–Kier alpha value is -3.52. The van der Waals surface area contributed by atoms with Gasteiger partial charge in [-0.05, 0) is 88.2 Å². The average Bonchev–Trinajstić information content (AvgIpc) is 3.45. The van der Waals surface area contributed by atoms with Crippen molar-refractivity contribution in [1.82, 2.24) is 10.3 Å². The number of carbonyl (C=O) groups is 1. The van der Waals surface area contributed by atoms with Gasteiger partial charge in [0.1, 0.15) is 21.5 Å². The van der Waals surface area contributed by atoms with Crippen LogP contribution >= 0.6 is 22.7 Å². The highest BCUT2D eigenvalue weighted by atomic mass is 32.1. The Morgan fingerprint density at radius 1 is 0.895 bits per heavy atom. The van der Waals surface area contributed by atoms with Gasteiger partial charge in [-0.1, -0.05) is 30.3 Å². The maximum Gasteiger partial charge on any atom is 0.256 e. The highest BCUT2D eigenvalue weighted by molar-refractivity contribution is 7.23. The molecule has 0 saturated carbocycles. The van der Waals surface area contributed by atoms with Gasteiger partial charge >= 0.3 is 0 Å². The van der Waals surface area contributed by atoms with Crippen LogP contribution in [-0.2, 0) is 12.0 Å². The van der Waals surface area contributed by atoms with E-state index in [0.29, 0.717) is 11.3 Å². The van der Waals surface area contributed by atoms with Crippen molar-refractivity contribution < 1.29 is 9.53 Å². The molecule has 0 fully saturated rings. The van der Waals surface area contributed by atoms with Gasteiger partial charge < -0.3 is 15.4 Å². The number of nitrogens with one attached hydrogen (secondary N) is 2. The second kappa shape index (κ2) is 9.34. The summed E-state index contributed by atoms with van der Waals surface area (Å²) in [6.45, 7) is 8.88. The maximum absolute atomic E-state index is 13.5. The first-order chi connectivity index (χ1) is 18.2. The summed E-state index contributed by atoms with van der Waals surface area (Å²) >= 11 is 3.33. The number of rotatable bonds is 5. The zero-order chi connectivity index (χ0) is 26.5. The Morgan fingerprint density at radius 3 is 2.32 bits per heavy atom. The SMILES string of the molecule is CC1(C)Cc2c(sc(NC(=O)c3ccc(Oc4ccccc4)cc3)c2-c2nc3ccccc3s2)C(C)(C)N1. The second-order valence-electron chi connectivity index (χ2n) is 10.8. The molecule has 0 aliphatic carbocycles. The number of hydrogen-bond acceptors (Lipinski definition) is 6. The van der Waals surface area contributed by atoms with Crippen LogP contribution in [0.2, 0.25) is 0 Å². The number of ether oxygens (including phenoxy) is 1. The fraction of sp³-hybridized carbons (Fsp3) is 0.226. The van der Waals surface area contributed by atoms with E-state index in [4.69, 9.17) is 9.72 Å². The number of thiophene rings is 1. The molecule has 0 saturated heterocycles. The quantitative estimate of drug-likeness (QED) is 0.236. The van der Waals surface area contributed by atoms with Gasteiger partial charge in [0.2, 0.25) is 0 Å². The van der Waals surface area contributed by atoms with Crippen molar-refractivity contribution >= 4 is 43.8 Å². The number of fused-ring (bicyclic) bond motifs is 2. The van der Waals surface area contributed by atoms with Crippen LogP contribution in [0.4, 0.5) is 5.00 Å². The minimum atomic E-state index is -0.230. The number of para-hydroxylation sites is 2. The van der Waals surface area contributed by atoms with Crippen molar-refractivity contribution in [3.05, 3.63) is 94.9 Å². The molecule has 6 rings (SSSR count). The molecule has 5 aromatic rings. The highest BCUT2D eigenvalue weighted by Crippen LogP contribution is 2.50. The van der Waals surface area contributed by atoms with E-state index >= 15 is 0 Å². The van der Waals surface area contributed by atoms with E-state index < -0.39 is 0 Å². The highest BCUT2D eigenvalue weighted by Gasteiger charge is 2.41. The van der Waals surface area contributed by atoms with Gasteiger partial charge in [0.15, 0.2) is 0 Å². The first-order valence-corrected chi connectivity index (χ1v) is 14.3. The molecule has 0 spiro atoms. The summed E-state index contributed by atoms with van der Waals surface area (Å²) in [5.74, 6) is 1.29. The van der Waals surface area contributed by atoms with Gasteiger partial charge in [0.25, 0.3) is 5.91 Å². The van der Waals surface area contributed by atoms with E-state index in [9.17, 15) is 4.79 Å². The average molecular weight is 540 g/mol. The van der Waals surface area contributed by atoms with Crippen LogP contribution in [0.5, 0.6) is 11.5 Å². The van der Waals surface area contributed by atoms with E-state index in [-0.39, 0.29) is 17.0 Å². The summed E-state index contributed by atoms with van der Waals surface area (Å²) in [5, 5.41) is 8.81. The normalized spacial score (nSPS) is 15.7. The van der Waals surface area contributed by atoms with Crippen LogP contribution in [0, 0.1) is 0 Å². The molecule has 1 aliphatic rings. The Labute approximate surface area is 230 Å². The molecule has 192 valence electrons. The maximum atomic E-state index is 13.5. The summed E-state index contributed by atoms with van der Waals surface area (Å²) in [5.41, 5.74) is 3.55. The van der Waals surface area contributed by atoms with Gasteiger partial charge in [0, 0.05) is 27.1 Å². The molecule has 0 unspecified atom stereocenters. The lowest BCUT2D eigenvalue weighted by Crippen LogP contribution is -2.54. The Kier molecular flexibility index (Phi) is 6.10. The van der Waals surface area contributed by atoms with Crippen molar-refractivity contribution in [2.45, 2.75) is 45.2 Å². The molecule has 2 aromatic heterocycles. The Balaban J connectivity index is 1.36. The smallest absolute Gasteiger partial charge is 0.256 e. The van der Waals surface area contributed by atoms with Crippen molar-refractivity contribution in [1.29, 1.82) is 0 Å². The Morgan fingerprint density at radius 2 is 1.58 bits per heavy atom. The molecular weight excluding hydrogens is 510 g/mol. The second-order valence-corrected chi connectivity index (χ2v) is 12.9. The zero-order valence-electron chi connectivity index (χ0n) is 21.8. The molecule has 38 heavy (non-hydrogen) atoms. The van der Waals surface area contributed by atoms with Crippen molar-refractivity contribution in [2.24, 2.45) is 0 Å². The monoisotopic (exact) mass is 539 g/mol. The first kappa shape index (κ1) is 24.8. The van der Waals surface area contributed by atoms with Crippen LogP contribution < -0.4 is 15.4 Å². The number of nitrogens with zero attached hydrogens (tertiary/aromatic N) is 1. The van der Waals surface area contributed by atoms with Gasteiger partial charge in [0.05, 0.1) is 10.2 Å². The van der Waals surface area contributed by atoms with Crippen LogP contribution in [0.15, 0.2) is 78.9 Å². The molecule has 3 heterocycles. The minimum absolute atomic E-state index is 0.0845.